The van der Waals surface area contributed by atoms with E-state index >= 15 is 0 Å². The van der Waals surface area contributed by atoms with Crippen LogP contribution in [0.25, 0.3) is 0 Å². The van der Waals surface area contributed by atoms with Gasteiger partial charge in [-0.1, -0.05) is 20.3 Å². The second kappa shape index (κ2) is 6.99. The van der Waals surface area contributed by atoms with Crippen LogP contribution in [0, 0.1) is 5.92 Å². The number of pyridine rings is 1. The number of amides is 1. The van der Waals surface area contributed by atoms with Crippen LogP contribution in [0.15, 0.2) is 18.3 Å². The molecule has 18 heavy (non-hydrogen) atoms. The second-order valence-electron chi connectivity index (χ2n) is 4.61. The molecule has 1 aromatic rings. The molecule has 4 heteroatoms. The summed E-state index contributed by atoms with van der Waals surface area (Å²) in [6, 6.07) is 3.80. The van der Waals surface area contributed by atoms with E-state index in [0.29, 0.717) is 11.5 Å². The fourth-order valence-corrected chi connectivity index (χ4v) is 1.60. The molecule has 0 spiro atoms. The molecule has 2 N–H and O–H groups in total. The van der Waals surface area contributed by atoms with Gasteiger partial charge in [0.15, 0.2) is 0 Å². The molecular weight excluding hydrogens is 226 g/mol. The molecule has 0 aliphatic carbocycles. The van der Waals surface area contributed by atoms with Crippen LogP contribution >= 0.6 is 0 Å². The molecule has 0 aromatic carbocycles. The lowest BCUT2D eigenvalue weighted by molar-refractivity contribution is 0.0928. The first-order chi connectivity index (χ1) is 8.58. The summed E-state index contributed by atoms with van der Waals surface area (Å²) in [6.07, 6.45) is 2.66. The first kappa shape index (κ1) is 14.5. The molecule has 2 unspecified atom stereocenters. The lowest BCUT2D eigenvalue weighted by atomic mass is 10.0. The fraction of sp³-hybridized carbons (Fsp3) is 0.571. The van der Waals surface area contributed by atoms with E-state index < -0.39 is 0 Å². The smallest absolute Gasteiger partial charge is 0.253 e. The van der Waals surface area contributed by atoms with Crippen LogP contribution in [-0.2, 0) is 0 Å². The minimum atomic E-state index is -0.0571. The van der Waals surface area contributed by atoms with Crippen LogP contribution in [0.5, 0.6) is 0 Å². The maximum Gasteiger partial charge on any atom is 0.253 e. The van der Waals surface area contributed by atoms with Gasteiger partial charge in [-0.2, -0.15) is 0 Å². The Labute approximate surface area is 109 Å². The van der Waals surface area contributed by atoms with E-state index in [-0.39, 0.29) is 11.9 Å². The third-order valence-electron chi connectivity index (χ3n) is 3.24. The number of carbonyl (C=O) groups excluding carboxylic acids is 1. The maximum absolute atomic E-state index is 12.0. The summed E-state index contributed by atoms with van der Waals surface area (Å²) in [5, 5.41) is 6.10. The number of anilines is 1. The van der Waals surface area contributed by atoms with Gasteiger partial charge in [0.2, 0.25) is 0 Å². The van der Waals surface area contributed by atoms with E-state index in [1.165, 1.54) is 0 Å². The molecule has 0 aliphatic heterocycles. The number of nitrogens with zero attached hydrogens (tertiary/aromatic N) is 1. The minimum Gasteiger partial charge on any atom is -0.370 e. The quantitative estimate of drug-likeness (QED) is 0.815. The largest absolute Gasteiger partial charge is 0.370 e. The topological polar surface area (TPSA) is 54.0 Å². The average molecular weight is 249 g/mol. The lowest BCUT2D eigenvalue weighted by Crippen LogP contribution is -2.36. The van der Waals surface area contributed by atoms with Crippen molar-refractivity contribution in [3.05, 3.63) is 23.9 Å². The summed E-state index contributed by atoms with van der Waals surface area (Å²) in [4.78, 5) is 16.2. The zero-order valence-corrected chi connectivity index (χ0v) is 11.7. The Balaban J connectivity index is 2.61. The van der Waals surface area contributed by atoms with Crippen molar-refractivity contribution in [1.29, 1.82) is 0 Å². The Morgan fingerprint density at radius 2 is 2.06 bits per heavy atom. The molecule has 1 rings (SSSR count). The number of hydrogen-bond donors (Lipinski definition) is 2. The highest BCUT2D eigenvalue weighted by molar-refractivity contribution is 5.94. The number of nitrogens with one attached hydrogen (secondary N) is 2. The van der Waals surface area contributed by atoms with Gasteiger partial charge in [0, 0.05) is 18.8 Å². The second-order valence-corrected chi connectivity index (χ2v) is 4.61. The molecule has 0 aliphatic rings. The van der Waals surface area contributed by atoms with Gasteiger partial charge in [0.25, 0.3) is 5.91 Å². The van der Waals surface area contributed by atoms with Crippen molar-refractivity contribution < 1.29 is 4.79 Å². The molecule has 0 saturated heterocycles. The van der Waals surface area contributed by atoms with Crippen LogP contribution in [0.4, 0.5) is 5.82 Å². The standard InChI is InChI=1S/C14H23N3O/c1-5-10(3)11(4)17-14(18)12-7-8-13(15-6-2)16-9-12/h7-11H,5-6H2,1-4H3,(H,15,16)(H,17,18). The molecule has 0 fully saturated rings. The SMILES string of the molecule is CCNc1ccc(C(=O)NC(C)C(C)CC)cn1. The van der Waals surface area contributed by atoms with Gasteiger partial charge in [-0.15, -0.1) is 0 Å². The van der Waals surface area contributed by atoms with Gasteiger partial charge in [0.1, 0.15) is 5.82 Å². The Hall–Kier alpha value is -1.58. The molecular formula is C14H23N3O. The molecule has 4 nitrogen and oxygen atoms in total. The normalized spacial score (nSPS) is 13.8. The molecule has 1 aromatic heterocycles. The van der Waals surface area contributed by atoms with Crippen molar-refractivity contribution in [1.82, 2.24) is 10.3 Å². The highest BCUT2D eigenvalue weighted by atomic mass is 16.1. The Morgan fingerprint density at radius 1 is 1.33 bits per heavy atom. The van der Waals surface area contributed by atoms with Crippen molar-refractivity contribution >= 4 is 11.7 Å². The van der Waals surface area contributed by atoms with Gasteiger partial charge in [-0.05, 0) is 31.9 Å². The molecule has 2 atom stereocenters. The lowest BCUT2D eigenvalue weighted by Gasteiger charge is -2.19. The van der Waals surface area contributed by atoms with Crippen LogP contribution < -0.4 is 10.6 Å². The summed E-state index contributed by atoms with van der Waals surface area (Å²) < 4.78 is 0. The molecule has 0 radical (unpaired) electrons. The first-order valence-electron chi connectivity index (χ1n) is 6.59. The van der Waals surface area contributed by atoms with Crippen LogP contribution in [0.1, 0.15) is 44.5 Å². The Morgan fingerprint density at radius 3 is 2.56 bits per heavy atom. The van der Waals surface area contributed by atoms with Crippen molar-refractivity contribution in [2.75, 3.05) is 11.9 Å². The van der Waals surface area contributed by atoms with Crippen LogP contribution in [-0.4, -0.2) is 23.5 Å². The number of hydrogen-bond acceptors (Lipinski definition) is 3. The van der Waals surface area contributed by atoms with E-state index in [9.17, 15) is 4.79 Å². The molecule has 100 valence electrons. The van der Waals surface area contributed by atoms with Gasteiger partial charge >= 0.3 is 0 Å². The van der Waals surface area contributed by atoms with Crippen molar-refractivity contribution in [3.63, 3.8) is 0 Å². The fourth-order valence-electron chi connectivity index (χ4n) is 1.60. The Kier molecular flexibility index (Phi) is 5.62. The summed E-state index contributed by atoms with van der Waals surface area (Å²) in [6.45, 7) is 9.13. The maximum atomic E-state index is 12.0. The highest BCUT2D eigenvalue weighted by Gasteiger charge is 2.14. The molecule has 1 heterocycles. The van der Waals surface area contributed by atoms with E-state index in [2.05, 4.69) is 29.5 Å². The molecule has 1 amide bonds. The zero-order valence-electron chi connectivity index (χ0n) is 11.7. The summed E-state index contributed by atoms with van der Waals surface area (Å²) in [5.74, 6) is 1.21. The minimum absolute atomic E-state index is 0.0571. The van der Waals surface area contributed by atoms with Crippen LogP contribution in [0.2, 0.25) is 0 Å². The highest BCUT2D eigenvalue weighted by Crippen LogP contribution is 2.09. The predicted molar refractivity (Wildman–Crippen MR) is 74.8 cm³/mol. The van der Waals surface area contributed by atoms with Crippen molar-refractivity contribution in [2.24, 2.45) is 5.92 Å². The summed E-state index contributed by atoms with van der Waals surface area (Å²) in [5.41, 5.74) is 0.604. The van der Waals surface area contributed by atoms with Gasteiger partial charge < -0.3 is 10.6 Å². The Bertz CT molecular complexity index is 375. The molecule has 0 bridgehead atoms. The predicted octanol–water partition coefficient (Wildman–Crippen LogP) is 2.68. The number of carbonyl (C=O) groups is 1. The number of aromatic nitrogens is 1. The third-order valence-corrected chi connectivity index (χ3v) is 3.24. The average Bonchev–Trinajstić information content (AvgIpc) is 2.38. The first-order valence-corrected chi connectivity index (χ1v) is 6.59. The van der Waals surface area contributed by atoms with E-state index in [4.69, 9.17) is 0 Å². The van der Waals surface area contributed by atoms with Crippen molar-refractivity contribution in [2.45, 2.75) is 40.2 Å². The van der Waals surface area contributed by atoms with Gasteiger partial charge in [-0.3, -0.25) is 4.79 Å². The van der Waals surface area contributed by atoms with Gasteiger partial charge in [-0.25, -0.2) is 4.98 Å². The monoisotopic (exact) mass is 249 g/mol. The van der Waals surface area contributed by atoms with Gasteiger partial charge in [0.05, 0.1) is 5.56 Å². The summed E-state index contributed by atoms with van der Waals surface area (Å²) in [7, 11) is 0. The number of rotatable bonds is 6. The van der Waals surface area contributed by atoms with Crippen LogP contribution in [0.3, 0.4) is 0 Å². The third kappa shape index (κ3) is 4.02. The van der Waals surface area contributed by atoms with Crippen molar-refractivity contribution in [3.8, 4) is 0 Å². The molecule has 0 saturated carbocycles. The van der Waals surface area contributed by atoms with E-state index in [1.54, 1.807) is 12.3 Å². The van der Waals surface area contributed by atoms with E-state index in [1.807, 2.05) is 19.9 Å². The summed E-state index contributed by atoms with van der Waals surface area (Å²) >= 11 is 0. The zero-order chi connectivity index (χ0) is 13.5. The van der Waals surface area contributed by atoms with E-state index in [0.717, 1.165) is 18.8 Å².